The van der Waals surface area contributed by atoms with Crippen molar-refractivity contribution in [3.8, 4) is 0 Å². The topological polar surface area (TPSA) is 70.6 Å². The fraction of sp³-hybridized carbons (Fsp3) is 0.688. The summed E-state index contributed by atoms with van der Waals surface area (Å²) in [5.74, 6) is 0. The van der Waals surface area contributed by atoms with Crippen molar-refractivity contribution < 1.29 is 14.6 Å². The van der Waals surface area contributed by atoms with Crippen molar-refractivity contribution >= 4 is 17.4 Å². The van der Waals surface area contributed by atoms with Gasteiger partial charge in [-0.3, -0.25) is 0 Å². The molecule has 3 N–H and O–H groups in total. The molecule has 2 amide bonds. The number of urea groups is 1. The first kappa shape index (κ1) is 18.9. The average molecular weight is 328 g/mol. The lowest BCUT2D eigenvalue weighted by Crippen LogP contribution is -2.44. The molecule has 0 saturated heterocycles. The van der Waals surface area contributed by atoms with Crippen LogP contribution in [0.2, 0.25) is 0 Å². The summed E-state index contributed by atoms with van der Waals surface area (Å²) < 4.78 is 4.99. The van der Waals surface area contributed by atoms with E-state index in [2.05, 4.69) is 10.6 Å². The van der Waals surface area contributed by atoms with Gasteiger partial charge in [-0.1, -0.05) is 19.9 Å². The van der Waals surface area contributed by atoms with E-state index in [1.165, 1.54) is 0 Å². The van der Waals surface area contributed by atoms with Crippen molar-refractivity contribution in [2.24, 2.45) is 5.41 Å². The van der Waals surface area contributed by atoms with Crippen LogP contribution in [0.25, 0.3) is 0 Å². The molecular weight excluding hydrogens is 300 g/mol. The van der Waals surface area contributed by atoms with E-state index in [4.69, 9.17) is 4.74 Å². The predicted octanol–water partition coefficient (Wildman–Crippen LogP) is 2.92. The third kappa shape index (κ3) is 6.34. The van der Waals surface area contributed by atoms with Gasteiger partial charge in [0.25, 0.3) is 0 Å². The van der Waals surface area contributed by atoms with Gasteiger partial charge in [0.1, 0.15) is 0 Å². The number of unbranched alkanes of at least 4 members (excludes halogenated alkanes) is 2. The van der Waals surface area contributed by atoms with Crippen LogP contribution in [0.3, 0.4) is 0 Å². The first-order chi connectivity index (χ1) is 10.5. The van der Waals surface area contributed by atoms with Gasteiger partial charge in [0.15, 0.2) is 0 Å². The third-order valence-corrected chi connectivity index (χ3v) is 4.54. The quantitative estimate of drug-likeness (QED) is 0.578. The number of hydrogen-bond donors (Lipinski definition) is 3. The maximum atomic E-state index is 12.1. The first-order valence-electron chi connectivity index (χ1n) is 7.69. The lowest BCUT2D eigenvalue weighted by Gasteiger charge is -2.32. The Labute approximate surface area is 137 Å². The summed E-state index contributed by atoms with van der Waals surface area (Å²) in [5, 5.41) is 17.4. The minimum Gasteiger partial charge on any atom is -0.396 e. The maximum absolute atomic E-state index is 12.1. The van der Waals surface area contributed by atoms with Crippen LogP contribution in [-0.2, 0) is 4.74 Å². The minimum atomic E-state index is -0.416. The molecule has 0 aromatic carbocycles. The molecular formula is C16H28N2O3S. The summed E-state index contributed by atoms with van der Waals surface area (Å²) in [4.78, 5) is 13.1. The molecule has 126 valence electrons. The third-order valence-electron chi connectivity index (χ3n) is 3.60. The van der Waals surface area contributed by atoms with Crippen molar-refractivity contribution in [1.29, 1.82) is 0 Å². The van der Waals surface area contributed by atoms with Crippen molar-refractivity contribution in [2.45, 2.75) is 39.2 Å². The second-order valence-electron chi connectivity index (χ2n) is 6.05. The van der Waals surface area contributed by atoms with Crippen LogP contribution in [-0.4, -0.2) is 38.0 Å². The van der Waals surface area contributed by atoms with E-state index in [1.54, 1.807) is 18.4 Å². The molecule has 0 saturated carbocycles. The number of carbonyl (C=O) groups is 1. The molecule has 5 nitrogen and oxygen atoms in total. The summed E-state index contributed by atoms with van der Waals surface area (Å²) in [6.45, 7) is 5.31. The standard InChI is InChI=1S/C16H28N2O3S/c1-16(2,12-19)14(13-8-7-11-22-13)18-15(20)17-9-5-4-6-10-21-3/h7-8,11,14,19H,4-6,9-10,12H2,1-3H3,(H2,17,18,20)/t14-/m1/s1. The Morgan fingerprint density at radius 2 is 2.18 bits per heavy atom. The Kier molecular flexibility index (Phi) is 8.45. The highest BCUT2D eigenvalue weighted by molar-refractivity contribution is 7.10. The molecule has 1 heterocycles. The minimum absolute atomic E-state index is 0.00681. The molecule has 0 fully saturated rings. The highest BCUT2D eigenvalue weighted by Gasteiger charge is 2.32. The smallest absolute Gasteiger partial charge is 0.315 e. The second-order valence-corrected chi connectivity index (χ2v) is 7.03. The Hall–Kier alpha value is -1.11. The molecule has 0 aliphatic carbocycles. The van der Waals surface area contributed by atoms with E-state index in [1.807, 2.05) is 31.4 Å². The largest absolute Gasteiger partial charge is 0.396 e. The number of rotatable bonds is 10. The lowest BCUT2D eigenvalue weighted by atomic mass is 9.84. The van der Waals surface area contributed by atoms with Crippen LogP contribution >= 0.6 is 11.3 Å². The van der Waals surface area contributed by atoms with Gasteiger partial charge in [-0.05, 0) is 30.7 Å². The van der Waals surface area contributed by atoms with Crippen LogP contribution < -0.4 is 10.6 Å². The number of carbonyl (C=O) groups excluding carboxylic acids is 1. The van der Waals surface area contributed by atoms with Crippen molar-refractivity contribution in [3.63, 3.8) is 0 Å². The zero-order valence-corrected chi connectivity index (χ0v) is 14.5. The summed E-state index contributed by atoms with van der Waals surface area (Å²) in [6.07, 6.45) is 2.98. The zero-order chi connectivity index (χ0) is 16.4. The van der Waals surface area contributed by atoms with E-state index < -0.39 is 5.41 Å². The van der Waals surface area contributed by atoms with Crippen LogP contribution in [0, 0.1) is 5.41 Å². The Bertz CT molecular complexity index is 421. The average Bonchev–Trinajstić information content (AvgIpc) is 3.02. The fourth-order valence-electron chi connectivity index (χ4n) is 2.13. The second kappa shape index (κ2) is 9.82. The molecule has 0 spiro atoms. The Morgan fingerprint density at radius 1 is 1.41 bits per heavy atom. The van der Waals surface area contributed by atoms with Crippen molar-refractivity contribution in [2.75, 3.05) is 26.9 Å². The van der Waals surface area contributed by atoms with Gasteiger partial charge in [-0.25, -0.2) is 4.79 Å². The molecule has 0 radical (unpaired) electrons. The molecule has 0 aliphatic heterocycles. The Balaban J connectivity index is 2.44. The highest BCUT2D eigenvalue weighted by Crippen LogP contribution is 2.35. The van der Waals surface area contributed by atoms with Crippen LogP contribution in [0.4, 0.5) is 4.79 Å². The summed E-state index contributed by atoms with van der Waals surface area (Å²) in [7, 11) is 1.69. The van der Waals surface area contributed by atoms with E-state index in [0.29, 0.717) is 6.54 Å². The monoisotopic (exact) mass is 328 g/mol. The maximum Gasteiger partial charge on any atom is 0.315 e. The summed E-state index contributed by atoms with van der Waals surface area (Å²) >= 11 is 1.59. The Morgan fingerprint density at radius 3 is 2.77 bits per heavy atom. The fourth-order valence-corrected chi connectivity index (χ4v) is 3.12. The molecule has 0 aliphatic rings. The molecule has 22 heavy (non-hydrogen) atoms. The number of ether oxygens (including phenoxy) is 1. The van der Waals surface area contributed by atoms with Gasteiger partial charge in [0.05, 0.1) is 12.6 Å². The van der Waals surface area contributed by atoms with Gasteiger partial charge in [0, 0.05) is 30.6 Å². The van der Waals surface area contributed by atoms with Gasteiger partial charge in [-0.15, -0.1) is 11.3 Å². The van der Waals surface area contributed by atoms with E-state index in [0.717, 1.165) is 30.7 Å². The number of thiophene rings is 1. The number of amides is 2. The SMILES string of the molecule is COCCCCCNC(=O)N[C@H](c1cccs1)C(C)(C)CO. The molecule has 1 atom stereocenters. The molecule has 0 unspecified atom stereocenters. The molecule has 1 rings (SSSR count). The van der Waals surface area contributed by atoms with E-state index in [-0.39, 0.29) is 18.7 Å². The number of nitrogens with one attached hydrogen (secondary N) is 2. The number of aliphatic hydroxyl groups is 1. The van der Waals surface area contributed by atoms with Gasteiger partial charge in [0.2, 0.25) is 0 Å². The van der Waals surface area contributed by atoms with Gasteiger partial charge in [-0.2, -0.15) is 0 Å². The van der Waals surface area contributed by atoms with Gasteiger partial charge < -0.3 is 20.5 Å². The van der Waals surface area contributed by atoms with Crippen molar-refractivity contribution in [1.82, 2.24) is 10.6 Å². The van der Waals surface area contributed by atoms with Crippen molar-refractivity contribution in [3.05, 3.63) is 22.4 Å². The molecule has 1 aromatic rings. The summed E-state index contributed by atoms with van der Waals surface area (Å²) in [6, 6.07) is 3.55. The first-order valence-corrected chi connectivity index (χ1v) is 8.57. The number of hydrogen-bond acceptors (Lipinski definition) is 4. The van der Waals surface area contributed by atoms with E-state index >= 15 is 0 Å². The zero-order valence-electron chi connectivity index (χ0n) is 13.7. The lowest BCUT2D eigenvalue weighted by molar-refractivity contribution is 0.119. The van der Waals surface area contributed by atoms with Crippen LogP contribution in [0.15, 0.2) is 17.5 Å². The highest BCUT2D eigenvalue weighted by atomic mass is 32.1. The van der Waals surface area contributed by atoms with E-state index in [9.17, 15) is 9.90 Å². The predicted molar refractivity (Wildman–Crippen MR) is 90.2 cm³/mol. The number of methoxy groups -OCH3 is 1. The molecule has 6 heteroatoms. The molecule has 0 bridgehead atoms. The van der Waals surface area contributed by atoms with Crippen LogP contribution in [0.5, 0.6) is 0 Å². The van der Waals surface area contributed by atoms with Gasteiger partial charge >= 0.3 is 6.03 Å². The summed E-state index contributed by atoms with van der Waals surface area (Å²) in [5.41, 5.74) is -0.416. The molecule has 1 aromatic heterocycles. The normalized spacial score (nSPS) is 12.9. The number of aliphatic hydroxyl groups excluding tert-OH is 1. The van der Waals surface area contributed by atoms with Crippen LogP contribution in [0.1, 0.15) is 44.0 Å².